The lowest BCUT2D eigenvalue weighted by atomic mass is 9.81. The fourth-order valence-electron chi connectivity index (χ4n) is 3.32. The van der Waals surface area contributed by atoms with Crippen molar-refractivity contribution in [2.45, 2.75) is 38.2 Å². The van der Waals surface area contributed by atoms with Gasteiger partial charge in [-0.15, -0.1) is 0 Å². The highest BCUT2D eigenvalue weighted by atomic mass is 16.6. The van der Waals surface area contributed by atoms with Crippen molar-refractivity contribution in [3.8, 4) is 0 Å². The van der Waals surface area contributed by atoms with E-state index in [2.05, 4.69) is 5.32 Å². The maximum atomic E-state index is 12.1. The molecule has 26 heavy (non-hydrogen) atoms. The molecule has 1 aliphatic rings. The topological polar surface area (TPSA) is 72.5 Å². The van der Waals surface area contributed by atoms with Crippen LogP contribution in [0.2, 0.25) is 0 Å². The van der Waals surface area contributed by atoms with E-state index < -0.39 is 11.6 Å². The first-order chi connectivity index (χ1) is 12.5. The van der Waals surface area contributed by atoms with E-state index >= 15 is 0 Å². The van der Waals surface area contributed by atoms with Gasteiger partial charge in [-0.25, -0.2) is 0 Å². The zero-order valence-corrected chi connectivity index (χ0v) is 14.7. The summed E-state index contributed by atoms with van der Waals surface area (Å²) in [6, 6.07) is 17.0. The smallest absolute Gasteiger partial charge is 0.314 e. The number of hydrogen-bond donors (Lipinski definition) is 1. The van der Waals surface area contributed by atoms with E-state index in [4.69, 9.17) is 4.74 Å². The second kappa shape index (κ2) is 7.52. The zero-order chi connectivity index (χ0) is 18.6. The second-order valence-electron chi connectivity index (χ2n) is 6.60. The van der Waals surface area contributed by atoms with Crippen LogP contribution in [-0.4, -0.2) is 17.7 Å². The van der Waals surface area contributed by atoms with Crippen LogP contribution in [0.3, 0.4) is 0 Å². The molecule has 3 rings (SSSR count). The number of ketones is 1. The van der Waals surface area contributed by atoms with Gasteiger partial charge in [0, 0.05) is 12.6 Å². The molecular formula is C21H21NO4. The quantitative estimate of drug-likeness (QED) is 0.662. The van der Waals surface area contributed by atoms with E-state index in [9.17, 15) is 14.4 Å². The first kappa shape index (κ1) is 17.9. The third-order valence-corrected chi connectivity index (χ3v) is 4.53. The van der Waals surface area contributed by atoms with Gasteiger partial charge in [-0.1, -0.05) is 42.5 Å². The van der Waals surface area contributed by atoms with Crippen molar-refractivity contribution >= 4 is 23.3 Å². The van der Waals surface area contributed by atoms with Gasteiger partial charge in [0.25, 0.3) is 0 Å². The summed E-state index contributed by atoms with van der Waals surface area (Å²) in [7, 11) is 0. The molecular weight excluding hydrogens is 330 g/mol. The van der Waals surface area contributed by atoms with Crippen molar-refractivity contribution < 1.29 is 19.1 Å². The highest BCUT2D eigenvalue weighted by Crippen LogP contribution is 2.38. The highest BCUT2D eigenvalue weighted by Gasteiger charge is 2.42. The lowest BCUT2D eigenvalue weighted by Gasteiger charge is -2.36. The van der Waals surface area contributed by atoms with Crippen LogP contribution in [-0.2, 0) is 31.1 Å². The molecule has 0 unspecified atom stereocenters. The van der Waals surface area contributed by atoms with E-state index in [0.29, 0.717) is 12.8 Å². The van der Waals surface area contributed by atoms with Crippen molar-refractivity contribution in [3.05, 3.63) is 65.7 Å². The summed E-state index contributed by atoms with van der Waals surface area (Å²) < 4.78 is 5.71. The summed E-state index contributed by atoms with van der Waals surface area (Å²) in [4.78, 5) is 35.1. The molecule has 0 saturated carbocycles. The fourth-order valence-corrected chi connectivity index (χ4v) is 3.32. The van der Waals surface area contributed by atoms with Gasteiger partial charge in [0.05, 0.1) is 6.42 Å². The Morgan fingerprint density at radius 1 is 1.08 bits per heavy atom. The maximum absolute atomic E-state index is 12.1. The number of amides is 1. The van der Waals surface area contributed by atoms with E-state index in [1.165, 1.54) is 6.92 Å². The van der Waals surface area contributed by atoms with Crippen molar-refractivity contribution in [1.82, 2.24) is 0 Å². The minimum atomic E-state index is -0.913. The SMILES string of the molecule is CC(=O)Nc1ccc(CC[C@@]2(c3ccccc3)CC(=O)CC(=O)O2)cc1. The fraction of sp³-hybridized carbons (Fsp3) is 0.286. The zero-order valence-electron chi connectivity index (χ0n) is 14.7. The van der Waals surface area contributed by atoms with Crippen LogP contribution in [0.15, 0.2) is 54.6 Å². The van der Waals surface area contributed by atoms with Crippen molar-refractivity contribution in [2.24, 2.45) is 0 Å². The predicted octanol–water partition coefficient (Wildman–Crippen LogP) is 3.38. The number of cyclic esters (lactones) is 1. The molecule has 1 aliphatic heterocycles. The molecule has 0 spiro atoms. The lowest BCUT2D eigenvalue weighted by molar-refractivity contribution is -0.172. The molecule has 5 nitrogen and oxygen atoms in total. The molecule has 0 radical (unpaired) electrons. The highest BCUT2D eigenvalue weighted by molar-refractivity contribution is 5.98. The Hall–Kier alpha value is -2.95. The number of benzene rings is 2. The Morgan fingerprint density at radius 3 is 2.38 bits per heavy atom. The van der Waals surface area contributed by atoms with E-state index in [1.54, 1.807) is 0 Å². The molecule has 1 fully saturated rings. The molecule has 1 heterocycles. The minimum absolute atomic E-state index is 0.0916. The van der Waals surface area contributed by atoms with Crippen molar-refractivity contribution in [3.63, 3.8) is 0 Å². The Balaban J connectivity index is 1.79. The second-order valence-corrected chi connectivity index (χ2v) is 6.60. The minimum Gasteiger partial charge on any atom is -0.453 e. The van der Waals surface area contributed by atoms with Gasteiger partial charge in [-0.05, 0) is 36.1 Å². The number of nitrogens with one attached hydrogen (secondary N) is 1. The number of ether oxygens (including phenoxy) is 1. The number of hydrogen-bond acceptors (Lipinski definition) is 4. The van der Waals surface area contributed by atoms with Crippen LogP contribution in [0.4, 0.5) is 5.69 Å². The van der Waals surface area contributed by atoms with Gasteiger partial charge in [0.2, 0.25) is 5.91 Å². The van der Waals surface area contributed by atoms with Gasteiger partial charge in [-0.3, -0.25) is 14.4 Å². The number of carbonyl (C=O) groups is 3. The first-order valence-corrected chi connectivity index (χ1v) is 8.62. The van der Waals surface area contributed by atoms with E-state index in [-0.39, 0.29) is 24.5 Å². The number of Topliss-reactive ketones (excluding diaryl/α,β-unsaturated/α-hetero) is 1. The molecule has 1 N–H and O–H groups in total. The van der Waals surface area contributed by atoms with Crippen molar-refractivity contribution in [1.29, 1.82) is 0 Å². The third kappa shape index (κ3) is 4.17. The number of esters is 1. The molecule has 0 bridgehead atoms. The molecule has 1 atom stereocenters. The average Bonchev–Trinajstić information content (AvgIpc) is 2.61. The van der Waals surface area contributed by atoms with Gasteiger partial charge in [0.1, 0.15) is 17.8 Å². The molecule has 1 saturated heterocycles. The molecule has 0 aromatic heterocycles. The molecule has 2 aromatic carbocycles. The molecule has 134 valence electrons. The Kier molecular flexibility index (Phi) is 5.16. The van der Waals surface area contributed by atoms with Crippen LogP contribution >= 0.6 is 0 Å². The van der Waals surface area contributed by atoms with Gasteiger partial charge in [0.15, 0.2) is 0 Å². The van der Waals surface area contributed by atoms with Gasteiger partial charge >= 0.3 is 5.97 Å². The van der Waals surface area contributed by atoms with E-state index in [0.717, 1.165) is 16.8 Å². The van der Waals surface area contributed by atoms with Crippen LogP contribution in [0.5, 0.6) is 0 Å². The standard InChI is InChI=1S/C21H21NO4/c1-15(23)22-18-9-7-16(8-10-18)11-12-21(17-5-3-2-4-6-17)14-19(24)13-20(25)26-21/h2-10H,11-14H2,1H3,(H,22,23)/t21-/m0/s1. The number of anilines is 1. The Labute approximate surface area is 152 Å². The molecule has 0 aliphatic carbocycles. The predicted molar refractivity (Wildman–Crippen MR) is 97.5 cm³/mol. The Bertz CT molecular complexity index is 796. The van der Waals surface area contributed by atoms with Crippen molar-refractivity contribution in [2.75, 3.05) is 5.32 Å². The van der Waals surface area contributed by atoms with E-state index in [1.807, 2.05) is 54.6 Å². The summed E-state index contributed by atoms with van der Waals surface area (Å²) in [5.74, 6) is -0.675. The van der Waals surface area contributed by atoms with Crippen LogP contribution in [0, 0.1) is 0 Å². The summed E-state index contributed by atoms with van der Waals surface area (Å²) in [5.41, 5.74) is 1.71. The summed E-state index contributed by atoms with van der Waals surface area (Å²) >= 11 is 0. The van der Waals surface area contributed by atoms with Crippen LogP contribution in [0.1, 0.15) is 37.3 Å². The normalized spacial score (nSPS) is 19.7. The van der Waals surface area contributed by atoms with Crippen LogP contribution in [0.25, 0.3) is 0 Å². The Morgan fingerprint density at radius 2 is 1.77 bits per heavy atom. The summed E-state index contributed by atoms with van der Waals surface area (Å²) in [6.45, 7) is 1.46. The van der Waals surface area contributed by atoms with Crippen LogP contribution < -0.4 is 5.32 Å². The number of aryl methyl sites for hydroxylation is 1. The first-order valence-electron chi connectivity index (χ1n) is 8.62. The molecule has 1 amide bonds. The number of carbonyl (C=O) groups excluding carboxylic acids is 3. The van der Waals surface area contributed by atoms with Gasteiger partial charge < -0.3 is 10.1 Å². The number of rotatable bonds is 5. The summed E-state index contributed by atoms with van der Waals surface area (Å²) in [6.07, 6.45) is 1.22. The van der Waals surface area contributed by atoms with Gasteiger partial charge in [-0.2, -0.15) is 0 Å². The monoisotopic (exact) mass is 351 g/mol. The summed E-state index contributed by atoms with van der Waals surface area (Å²) in [5, 5.41) is 2.73. The molecule has 5 heteroatoms. The average molecular weight is 351 g/mol. The molecule has 2 aromatic rings. The maximum Gasteiger partial charge on any atom is 0.314 e. The largest absolute Gasteiger partial charge is 0.453 e. The lowest BCUT2D eigenvalue weighted by Crippen LogP contribution is -2.40. The third-order valence-electron chi connectivity index (χ3n) is 4.53.